The van der Waals surface area contributed by atoms with Gasteiger partial charge in [-0.25, -0.2) is 21.6 Å². The smallest absolute Gasteiger partial charge is 0.307 e. The third kappa shape index (κ3) is 21.0. The summed E-state index contributed by atoms with van der Waals surface area (Å²) in [5.41, 5.74) is -0.557. The molecule has 5 atom stereocenters. The topological polar surface area (TPSA) is 256 Å². The maximum Gasteiger partial charge on any atom is 0.307 e. The van der Waals surface area contributed by atoms with Crippen molar-refractivity contribution in [2.45, 2.75) is 227 Å². The number of morpholine rings is 1. The molecule has 2 aromatic rings. The number of hydrogen-bond acceptors (Lipinski definition) is 20. The van der Waals surface area contributed by atoms with Crippen LogP contribution >= 0.6 is 23.1 Å². The Balaban J connectivity index is 1.29. The van der Waals surface area contributed by atoms with Gasteiger partial charge in [-0.1, -0.05) is 110 Å². The molecule has 0 bridgehead atoms. The second kappa shape index (κ2) is 32.2. The number of unbranched alkanes of at least 4 members (excludes halogenated alkanes) is 15. The Hall–Kier alpha value is -3.97. The van der Waals surface area contributed by atoms with Crippen LogP contribution in [0.2, 0.25) is 0 Å². The average Bonchev–Trinajstić information content (AvgIpc) is 4.07. The lowest BCUT2D eigenvalue weighted by Gasteiger charge is -2.39. The number of fused-ring (bicyclic) bond motifs is 1. The van der Waals surface area contributed by atoms with Crippen molar-refractivity contribution < 1.29 is 64.5 Å². The van der Waals surface area contributed by atoms with Crippen molar-refractivity contribution >= 4 is 78.5 Å². The van der Waals surface area contributed by atoms with Crippen LogP contribution in [-0.4, -0.2) is 135 Å². The second-order valence-electron chi connectivity index (χ2n) is 20.8. The molecular formula is C52H86N6O14S4. The van der Waals surface area contributed by atoms with Gasteiger partial charge in [0.2, 0.25) is 5.82 Å². The molecule has 1 saturated heterocycles. The van der Waals surface area contributed by atoms with Crippen LogP contribution in [0.5, 0.6) is 5.88 Å². The quantitative estimate of drug-likeness (QED) is 0.0373. The van der Waals surface area contributed by atoms with Crippen LogP contribution in [0.3, 0.4) is 0 Å². The number of ether oxygens (including phenoxy) is 5. The predicted molar refractivity (Wildman–Crippen MR) is 292 cm³/mol. The molecule has 2 unspecified atom stereocenters. The first kappa shape index (κ1) is 64.6. The van der Waals surface area contributed by atoms with E-state index in [9.17, 15) is 40.8 Å². The molecule has 4 heterocycles. The van der Waals surface area contributed by atoms with Gasteiger partial charge in [0.25, 0.3) is 27.7 Å². The van der Waals surface area contributed by atoms with Gasteiger partial charge in [0.15, 0.2) is 28.1 Å². The first-order chi connectivity index (χ1) is 36.1. The summed E-state index contributed by atoms with van der Waals surface area (Å²) in [5, 5.41) is 2.43. The molecule has 4 rings (SSSR count). The SMILES string of the molecule is CCCCCCCCCCCCCCCCCCC(=O)OC(C)C(=O)N(C[C@@H](COc1nsnc1N1CCOCC1)OC(=O)CCC(=O)OC(C)C(=O)NS(=O)(=O)c1cc2c(s1)S(=O)(=O)[C@@H](C)C[C@@H]2NCC)C(C)(C)C. The zero-order chi connectivity index (χ0) is 55.9. The highest BCUT2D eigenvalue weighted by Gasteiger charge is 2.40. The minimum absolute atomic E-state index is 0.0908. The molecule has 76 heavy (non-hydrogen) atoms. The highest BCUT2D eigenvalue weighted by Crippen LogP contribution is 2.43. The lowest BCUT2D eigenvalue weighted by atomic mass is 10.0. The predicted octanol–water partition coefficient (Wildman–Crippen LogP) is 8.37. The summed E-state index contributed by atoms with van der Waals surface area (Å²) in [7, 11) is -8.39. The van der Waals surface area contributed by atoms with E-state index in [1.54, 1.807) is 27.7 Å². The fourth-order valence-electron chi connectivity index (χ4n) is 8.97. The summed E-state index contributed by atoms with van der Waals surface area (Å²) < 4.78 is 91.2. The van der Waals surface area contributed by atoms with Gasteiger partial charge in [-0.3, -0.25) is 24.0 Å². The standard InChI is InChI=1S/C52H86N6O14S4/c1-9-11-12-13-14-15-16-17-18-19-20-21-22-23-24-25-26-43(59)71-39(5)50(63)58(52(6,7)8)35-40(36-69-49-47(54-74-55-49)57-29-31-68-32-30-57)72-45(61)28-27-44(60)70-38(4)48(62)56-76(66,67)46-34-41-42(53-10-2)33-37(3)75(64,65)51(41)73-46/h34,37-40,42,53H,9-33,35-36H2,1-8H3,(H,56,62)/t37-,38?,39?,40-,42-/m0/s1. The number of rotatable bonds is 35. The molecular weight excluding hydrogens is 1060 g/mol. The summed E-state index contributed by atoms with van der Waals surface area (Å²) in [6, 6.07) is 0.828. The van der Waals surface area contributed by atoms with Crippen molar-refractivity contribution in [3.63, 3.8) is 0 Å². The Labute approximate surface area is 460 Å². The third-order valence-electron chi connectivity index (χ3n) is 13.4. The Morgan fingerprint density at radius 2 is 1.34 bits per heavy atom. The Kier molecular flexibility index (Phi) is 27.3. The van der Waals surface area contributed by atoms with Gasteiger partial charge >= 0.3 is 17.9 Å². The molecule has 0 saturated carbocycles. The number of esters is 3. The molecule has 0 radical (unpaired) electrons. The number of sulfonamides is 1. The number of nitrogens with one attached hydrogen (secondary N) is 2. The first-order valence-electron chi connectivity index (χ1n) is 27.4. The second-order valence-corrected chi connectivity index (χ2v) is 26.9. The van der Waals surface area contributed by atoms with Crippen LogP contribution in [0.25, 0.3) is 0 Å². The van der Waals surface area contributed by atoms with Crippen molar-refractivity contribution in [2.75, 3.05) is 50.9 Å². The van der Waals surface area contributed by atoms with Gasteiger partial charge in [0, 0.05) is 36.7 Å². The van der Waals surface area contributed by atoms with E-state index in [0.717, 1.165) is 37.9 Å². The Bertz CT molecular complexity index is 2370. The van der Waals surface area contributed by atoms with Crippen molar-refractivity contribution in [3.05, 3.63) is 11.6 Å². The van der Waals surface area contributed by atoms with E-state index in [1.807, 2.05) is 16.5 Å². The number of nitrogens with zero attached hydrogens (tertiary/aromatic N) is 4. The van der Waals surface area contributed by atoms with E-state index >= 15 is 0 Å². The number of hydrogen-bond donors (Lipinski definition) is 2. The summed E-state index contributed by atoms with van der Waals surface area (Å²) >= 11 is 1.48. The molecule has 2 aromatic heterocycles. The fourth-order valence-corrected chi connectivity index (χ4v) is 14.5. The van der Waals surface area contributed by atoms with E-state index in [1.165, 1.54) is 94.9 Å². The van der Waals surface area contributed by atoms with Gasteiger partial charge in [-0.15, -0.1) is 15.7 Å². The number of aromatic nitrogens is 2. The fraction of sp³-hybridized carbons (Fsp3) is 0.788. The van der Waals surface area contributed by atoms with Crippen LogP contribution < -0.4 is 19.7 Å². The summed E-state index contributed by atoms with van der Waals surface area (Å²) in [6.45, 7) is 15.7. The average molecular weight is 1150 g/mol. The minimum atomic E-state index is -4.58. The van der Waals surface area contributed by atoms with E-state index in [4.69, 9.17) is 23.7 Å². The lowest BCUT2D eigenvalue weighted by molar-refractivity contribution is -0.166. The van der Waals surface area contributed by atoms with Gasteiger partial charge in [-0.05, 0) is 67.0 Å². The molecule has 0 aromatic carbocycles. The van der Waals surface area contributed by atoms with Gasteiger partial charge in [-0.2, -0.15) is 4.37 Å². The molecule has 1 fully saturated rings. The molecule has 2 amide bonds. The zero-order valence-electron chi connectivity index (χ0n) is 46.2. The van der Waals surface area contributed by atoms with Crippen LogP contribution in [0.4, 0.5) is 5.82 Å². The van der Waals surface area contributed by atoms with E-state index < -0.39 is 102 Å². The van der Waals surface area contributed by atoms with Crippen molar-refractivity contribution in [1.82, 2.24) is 23.7 Å². The first-order valence-corrected chi connectivity index (χ1v) is 32.0. The number of carbonyl (C=O) groups excluding carboxylic acids is 5. The minimum Gasteiger partial charge on any atom is -0.470 e. The molecule has 0 spiro atoms. The Morgan fingerprint density at radius 3 is 1.91 bits per heavy atom. The van der Waals surface area contributed by atoms with E-state index in [2.05, 4.69) is 21.0 Å². The largest absolute Gasteiger partial charge is 0.470 e. The highest BCUT2D eigenvalue weighted by atomic mass is 32.3. The third-order valence-corrected chi connectivity index (χ3v) is 19.6. The number of sulfone groups is 1. The molecule has 2 aliphatic heterocycles. The Morgan fingerprint density at radius 1 is 0.803 bits per heavy atom. The molecule has 2 aliphatic rings. The maximum atomic E-state index is 14.1. The van der Waals surface area contributed by atoms with Gasteiger partial charge < -0.3 is 38.8 Å². The normalized spacial score (nSPS) is 17.7. The van der Waals surface area contributed by atoms with Crippen LogP contribution in [-0.2, 0) is 62.8 Å². The van der Waals surface area contributed by atoms with Crippen molar-refractivity contribution in [2.24, 2.45) is 0 Å². The van der Waals surface area contributed by atoms with Gasteiger partial charge in [0.1, 0.15) is 15.0 Å². The number of amides is 2. The molecule has 432 valence electrons. The van der Waals surface area contributed by atoms with Crippen molar-refractivity contribution in [3.8, 4) is 5.88 Å². The molecule has 24 heteroatoms. The number of carbonyl (C=O) groups is 5. The van der Waals surface area contributed by atoms with Crippen LogP contribution in [0, 0.1) is 0 Å². The van der Waals surface area contributed by atoms with E-state index in [0.29, 0.717) is 62.0 Å². The van der Waals surface area contributed by atoms with Crippen molar-refractivity contribution in [1.29, 1.82) is 0 Å². The van der Waals surface area contributed by atoms with Crippen LogP contribution in [0.15, 0.2) is 14.5 Å². The zero-order valence-corrected chi connectivity index (χ0v) is 49.5. The highest BCUT2D eigenvalue weighted by molar-refractivity contribution is 7.95. The number of anilines is 1. The summed E-state index contributed by atoms with van der Waals surface area (Å²) in [4.78, 5) is 70.0. The summed E-state index contributed by atoms with van der Waals surface area (Å²) in [6.07, 6.45) is 14.8. The molecule has 0 aliphatic carbocycles. The van der Waals surface area contributed by atoms with E-state index in [-0.39, 0.29) is 36.1 Å². The van der Waals surface area contributed by atoms with Gasteiger partial charge in [0.05, 0.1) is 49.6 Å². The summed E-state index contributed by atoms with van der Waals surface area (Å²) in [5.74, 6) is -3.43. The molecule has 20 nitrogen and oxygen atoms in total. The monoisotopic (exact) mass is 1150 g/mol. The number of thiophene rings is 1. The maximum absolute atomic E-state index is 14.1. The van der Waals surface area contributed by atoms with Crippen LogP contribution in [0.1, 0.15) is 195 Å². The lowest BCUT2D eigenvalue weighted by Crippen LogP contribution is -2.54. The molecule has 2 N–H and O–H groups in total.